The summed E-state index contributed by atoms with van der Waals surface area (Å²) in [7, 11) is 0. The van der Waals surface area contributed by atoms with Gasteiger partial charge in [-0.05, 0) is 34.8 Å². The van der Waals surface area contributed by atoms with Crippen LogP contribution in [0.25, 0.3) is 0 Å². The molecule has 0 unspecified atom stereocenters. The molecular weight excluding hydrogens is 347 g/mol. The van der Waals surface area contributed by atoms with E-state index in [0.29, 0.717) is 12.3 Å². The number of halogens is 1. The van der Waals surface area contributed by atoms with Crippen LogP contribution in [0.5, 0.6) is 0 Å². The van der Waals surface area contributed by atoms with E-state index < -0.39 is 0 Å². The van der Waals surface area contributed by atoms with Gasteiger partial charge < -0.3 is 0 Å². The number of carbonyl (C=O) groups is 1. The number of benzene rings is 1. The van der Waals surface area contributed by atoms with Gasteiger partial charge in [0.05, 0.1) is 0 Å². The van der Waals surface area contributed by atoms with Crippen LogP contribution in [0.1, 0.15) is 38.2 Å². The van der Waals surface area contributed by atoms with E-state index in [1.54, 1.807) is 6.08 Å². The zero-order valence-corrected chi connectivity index (χ0v) is 13.6. The monoisotopic (exact) mass is 368 g/mol. The molecule has 2 heteroatoms. The Bertz CT molecular complexity index is 452. The zero-order valence-electron chi connectivity index (χ0n) is 11.4. The largest absolute Gasteiger partial charge is 0.295 e. The van der Waals surface area contributed by atoms with Crippen LogP contribution in [0.15, 0.2) is 42.5 Å². The van der Waals surface area contributed by atoms with Crippen LogP contribution in [-0.2, 0) is 10.2 Å². The Labute approximate surface area is 129 Å². The molecule has 2 atom stereocenters. The van der Waals surface area contributed by atoms with E-state index in [4.69, 9.17) is 0 Å². The second-order valence-electron chi connectivity index (χ2n) is 5.53. The van der Waals surface area contributed by atoms with Crippen LogP contribution >= 0.6 is 22.6 Å². The highest BCUT2D eigenvalue weighted by atomic mass is 127. The number of allylic oxidation sites excluding steroid dienone is 2. The number of hydrogen-bond donors (Lipinski definition) is 0. The number of ketones is 1. The molecule has 0 amide bonds. The fraction of sp³-hybridized carbons (Fsp3) is 0.471. The summed E-state index contributed by atoms with van der Waals surface area (Å²) >= 11 is 2.43. The van der Waals surface area contributed by atoms with Crippen molar-refractivity contribution in [2.75, 3.05) is 4.43 Å². The van der Waals surface area contributed by atoms with Gasteiger partial charge in [0.25, 0.3) is 0 Å². The standard InChI is InChI=1S/C17H21IO/c1-17(14-7-3-2-4-8-14)11-10-16(19)13-15(17)9-5-6-12-18/h2-4,7-8,10-11,15H,5-6,9,12-13H2,1H3/t15-,17+/m1/s1. The summed E-state index contributed by atoms with van der Waals surface area (Å²) in [5.74, 6) is 0.725. The minimum absolute atomic E-state index is 0.0143. The molecule has 0 saturated heterocycles. The summed E-state index contributed by atoms with van der Waals surface area (Å²) in [5, 5.41) is 0. The molecule has 1 aliphatic rings. The van der Waals surface area contributed by atoms with Crippen molar-refractivity contribution in [3.05, 3.63) is 48.0 Å². The summed E-state index contributed by atoms with van der Waals surface area (Å²) in [6, 6.07) is 10.6. The average molecular weight is 368 g/mol. The molecule has 0 aliphatic heterocycles. The first-order valence-electron chi connectivity index (χ1n) is 7.00. The van der Waals surface area contributed by atoms with E-state index in [-0.39, 0.29) is 11.2 Å². The number of carbonyl (C=O) groups excluding carboxylic acids is 1. The van der Waals surface area contributed by atoms with Crippen molar-refractivity contribution in [1.82, 2.24) is 0 Å². The Morgan fingerprint density at radius 1 is 1.26 bits per heavy atom. The van der Waals surface area contributed by atoms with Gasteiger partial charge in [-0.25, -0.2) is 0 Å². The van der Waals surface area contributed by atoms with Gasteiger partial charge in [-0.15, -0.1) is 0 Å². The Morgan fingerprint density at radius 3 is 2.68 bits per heavy atom. The topological polar surface area (TPSA) is 17.1 Å². The van der Waals surface area contributed by atoms with Gasteiger partial charge in [0.15, 0.2) is 5.78 Å². The molecule has 1 nitrogen and oxygen atoms in total. The minimum Gasteiger partial charge on any atom is -0.295 e. The van der Waals surface area contributed by atoms with Crippen LogP contribution < -0.4 is 0 Å². The number of unbranched alkanes of at least 4 members (excludes halogenated alkanes) is 1. The van der Waals surface area contributed by atoms with Gasteiger partial charge in [0.1, 0.15) is 0 Å². The Kier molecular flexibility index (Phi) is 5.20. The summed E-state index contributed by atoms with van der Waals surface area (Å²) in [6.07, 6.45) is 8.22. The van der Waals surface area contributed by atoms with Gasteiger partial charge >= 0.3 is 0 Å². The SMILES string of the molecule is C[C@@]1(c2ccccc2)C=CC(=O)C[C@H]1CCCCI. The molecule has 0 N–H and O–H groups in total. The predicted molar refractivity (Wildman–Crippen MR) is 88.8 cm³/mol. The minimum atomic E-state index is 0.0143. The molecule has 2 rings (SSSR count). The maximum Gasteiger partial charge on any atom is 0.155 e. The number of rotatable bonds is 5. The number of hydrogen-bond acceptors (Lipinski definition) is 1. The molecule has 0 radical (unpaired) electrons. The van der Waals surface area contributed by atoms with Crippen molar-refractivity contribution >= 4 is 28.4 Å². The van der Waals surface area contributed by atoms with Gasteiger partial charge in [0, 0.05) is 11.8 Å². The third kappa shape index (κ3) is 3.47. The highest BCUT2D eigenvalue weighted by molar-refractivity contribution is 14.1. The molecule has 0 spiro atoms. The summed E-state index contributed by atoms with van der Waals surface area (Å²) in [4.78, 5) is 11.7. The predicted octanol–water partition coefficient (Wildman–Crippen LogP) is 4.69. The summed E-state index contributed by atoms with van der Waals surface area (Å²) in [5.41, 5.74) is 1.35. The molecule has 0 aromatic heterocycles. The normalized spacial score (nSPS) is 26.6. The first-order valence-corrected chi connectivity index (χ1v) is 8.53. The lowest BCUT2D eigenvalue weighted by Crippen LogP contribution is -2.34. The number of alkyl halides is 1. The molecular formula is C17H21IO. The van der Waals surface area contributed by atoms with Crippen LogP contribution in [-0.4, -0.2) is 10.2 Å². The van der Waals surface area contributed by atoms with E-state index in [1.165, 1.54) is 22.8 Å². The molecule has 0 heterocycles. The fourth-order valence-electron chi connectivity index (χ4n) is 2.94. The second kappa shape index (κ2) is 6.69. The lowest BCUT2D eigenvalue weighted by molar-refractivity contribution is -0.116. The molecule has 1 aromatic carbocycles. The highest BCUT2D eigenvalue weighted by Crippen LogP contribution is 2.41. The van der Waals surface area contributed by atoms with Crippen LogP contribution in [0.3, 0.4) is 0 Å². The van der Waals surface area contributed by atoms with Crippen molar-refractivity contribution in [3.8, 4) is 0 Å². The lowest BCUT2D eigenvalue weighted by atomic mass is 9.65. The molecule has 1 aliphatic carbocycles. The smallest absolute Gasteiger partial charge is 0.155 e. The van der Waals surface area contributed by atoms with E-state index in [9.17, 15) is 4.79 Å². The molecule has 0 bridgehead atoms. The summed E-state index contributed by atoms with van der Waals surface area (Å²) < 4.78 is 1.20. The van der Waals surface area contributed by atoms with Crippen molar-refractivity contribution in [2.45, 2.75) is 38.0 Å². The van der Waals surface area contributed by atoms with Gasteiger partial charge in [-0.2, -0.15) is 0 Å². The molecule has 0 fully saturated rings. The Balaban J connectivity index is 2.23. The maximum absolute atomic E-state index is 11.7. The van der Waals surface area contributed by atoms with Crippen molar-refractivity contribution in [3.63, 3.8) is 0 Å². The van der Waals surface area contributed by atoms with Crippen molar-refractivity contribution < 1.29 is 4.79 Å². The van der Waals surface area contributed by atoms with E-state index in [0.717, 1.165) is 6.42 Å². The molecule has 19 heavy (non-hydrogen) atoms. The molecule has 1 aromatic rings. The van der Waals surface area contributed by atoms with E-state index in [2.05, 4.69) is 65.9 Å². The first kappa shape index (κ1) is 14.8. The average Bonchev–Trinajstić information content (AvgIpc) is 2.44. The quantitative estimate of drug-likeness (QED) is 0.419. The van der Waals surface area contributed by atoms with Crippen LogP contribution in [0.2, 0.25) is 0 Å². The van der Waals surface area contributed by atoms with Gasteiger partial charge in [-0.1, -0.05) is 72.3 Å². The van der Waals surface area contributed by atoms with E-state index in [1.807, 2.05) is 0 Å². The van der Waals surface area contributed by atoms with E-state index >= 15 is 0 Å². The molecule has 0 saturated carbocycles. The van der Waals surface area contributed by atoms with Crippen molar-refractivity contribution in [2.24, 2.45) is 5.92 Å². The molecule has 102 valence electrons. The first-order chi connectivity index (χ1) is 9.16. The third-order valence-corrected chi connectivity index (χ3v) is 5.01. The third-order valence-electron chi connectivity index (χ3n) is 4.24. The maximum atomic E-state index is 11.7. The van der Waals surface area contributed by atoms with Crippen LogP contribution in [0.4, 0.5) is 0 Å². The van der Waals surface area contributed by atoms with Gasteiger partial charge in [0.2, 0.25) is 0 Å². The second-order valence-corrected chi connectivity index (χ2v) is 6.61. The summed E-state index contributed by atoms with van der Waals surface area (Å²) in [6.45, 7) is 2.28. The Hall–Kier alpha value is -0.640. The Morgan fingerprint density at radius 2 is 2.00 bits per heavy atom. The zero-order chi connectivity index (χ0) is 13.7. The van der Waals surface area contributed by atoms with Crippen LogP contribution in [0, 0.1) is 5.92 Å². The fourth-order valence-corrected chi connectivity index (χ4v) is 3.48. The van der Waals surface area contributed by atoms with Gasteiger partial charge in [-0.3, -0.25) is 4.79 Å². The highest BCUT2D eigenvalue weighted by Gasteiger charge is 2.36. The van der Waals surface area contributed by atoms with Crippen molar-refractivity contribution in [1.29, 1.82) is 0 Å². The lowest BCUT2D eigenvalue weighted by Gasteiger charge is -2.38.